The predicted octanol–water partition coefficient (Wildman–Crippen LogP) is 2.86. The normalized spacial score (nSPS) is 19.6. The van der Waals surface area contributed by atoms with Crippen LogP contribution in [-0.2, 0) is 29.1 Å². The zero-order valence-electron chi connectivity index (χ0n) is 15.9. The van der Waals surface area contributed by atoms with E-state index in [1.54, 1.807) is 12.1 Å². The van der Waals surface area contributed by atoms with Gasteiger partial charge in [0.1, 0.15) is 6.54 Å². The lowest BCUT2D eigenvalue weighted by atomic mass is 10.0. The lowest BCUT2D eigenvalue weighted by Crippen LogP contribution is -2.44. The predicted molar refractivity (Wildman–Crippen MR) is 109 cm³/mol. The number of nitriles is 1. The van der Waals surface area contributed by atoms with E-state index in [-0.39, 0.29) is 24.8 Å². The summed E-state index contributed by atoms with van der Waals surface area (Å²) in [5.74, 6) is -0.317. The van der Waals surface area contributed by atoms with Crippen molar-refractivity contribution in [3.05, 3.63) is 65.9 Å². The van der Waals surface area contributed by atoms with Crippen LogP contribution in [-0.4, -0.2) is 33.9 Å². The molecule has 1 atom stereocenters. The lowest BCUT2D eigenvalue weighted by Gasteiger charge is -2.31. The molecule has 3 heterocycles. The zero-order valence-corrected chi connectivity index (χ0v) is 15.9. The molecule has 6 nitrogen and oxygen atoms in total. The number of imide groups is 1. The van der Waals surface area contributed by atoms with Crippen LogP contribution >= 0.6 is 0 Å². The molecule has 1 saturated heterocycles. The van der Waals surface area contributed by atoms with Gasteiger partial charge in [0.05, 0.1) is 24.2 Å². The number of rotatable bonds is 3. The molecule has 0 N–H and O–H groups in total. The summed E-state index contributed by atoms with van der Waals surface area (Å²) in [6.45, 7) is 1.56. The number of benzene rings is 2. The molecule has 2 amide bonds. The van der Waals surface area contributed by atoms with Crippen LogP contribution in [0.5, 0.6) is 0 Å². The second-order valence-electron chi connectivity index (χ2n) is 7.53. The van der Waals surface area contributed by atoms with Gasteiger partial charge in [-0.25, -0.2) is 4.90 Å². The van der Waals surface area contributed by atoms with Crippen LogP contribution in [0.2, 0.25) is 0 Å². The first kappa shape index (κ1) is 17.7. The number of nitrogens with zero attached hydrogens (tertiary/aromatic N) is 4. The third-order valence-corrected chi connectivity index (χ3v) is 6.00. The molecule has 0 saturated carbocycles. The van der Waals surface area contributed by atoms with Crippen LogP contribution in [0.25, 0.3) is 10.9 Å². The molecule has 2 aliphatic rings. The van der Waals surface area contributed by atoms with Gasteiger partial charge in [-0.1, -0.05) is 36.4 Å². The van der Waals surface area contributed by atoms with Crippen LogP contribution in [0.1, 0.15) is 17.7 Å². The summed E-state index contributed by atoms with van der Waals surface area (Å²) >= 11 is 0. The van der Waals surface area contributed by atoms with Gasteiger partial charge < -0.3 is 4.57 Å². The number of anilines is 1. The van der Waals surface area contributed by atoms with E-state index in [4.69, 9.17) is 0 Å². The smallest absolute Gasteiger partial charge is 0.251 e. The molecule has 6 heteroatoms. The van der Waals surface area contributed by atoms with E-state index in [1.165, 1.54) is 15.8 Å². The van der Waals surface area contributed by atoms with Crippen molar-refractivity contribution >= 4 is 28.4 Å². The quantitative estimate of drug-likeness (QED) is 0.651. The third kappa shape index (κ3) is 2.74. The van der Waals surface area contributed by atoms with Gasteiger partial charge in [0.15, 0.2) is 0 Å². The number of fused-ring (bicyclic) bond motifs is 3. The first-order valence-electron chi connectivity index (χ1n) is 9.81. The Balaban J connectivity index is 1.48. The van der Waals surface area contributed by atoms with E-state index in [1.807, 2.05) is 41.0 Å². The van der Waals surface area contributed by atoms with E-state index in [9.17, 15) is 14.9 Å². The summed E-state index contributed by atoms with van der Waals surface area (Å²) in [6.07, 6.45) is 0.999. The van der Waals surface area contributed by atoms with Gasteiger partial charge in [0.2, 0.25) is 5.91 Å². The minimum Gasteiger partial charge on any atom is -0.329 e. The minimum atomic E-state index is -0.454. The maximum Gasteiger partial charge on any atom is 0.251 e. The highest BCUT2D eigenvalue weighted by molar-refractivity contribution is 6.22. The maximum absolute atomic E-state index is 13.1. The van der Waals surface area contributed by atoms with E-state index < -0.39 is 6.04 Å². The highest BCUT2D eigenvalue weighted by Gasteiger charge is 2.43. The number of hydrogen-bond acceptors (Lipinski definition) is 4. The average Bonchev–Trinajstić information content (AvgIpc) is 3.23. The molecule has 0 radical (unpaired) electrons. The summed E-state index contributed by atoms with van der Waals surface area (Å²) in [6, 6.07) is 19.0. The van der Waals surface area contributed by atoms with Crippen molar-refractivity contribution in [2.24, 2.45) is 0 Å². The molecular formula is C23H20N4O2. The topological polar surface area (TPSA) is 69.3 Å². The standard InChI is InChI=1S/C23H20N4O2/c24-11-13-26-19-9-5-4-8-17(19)18-10-12-25(15-21(18)26)20-14-22(28)27(23(20)29)16-6-2-1-3-7-16/h1-9,20H,10,12-15H2. The molecule has 29 heavy (non-hydrogen) atoms. The van der Waals surface area contributed by atoms with Crippen molar-refractivity contribution in [3.8, 4) is 6.07 Å². The Morgan fingerprint density at radius 2 is 1.79 bits per heavy atom. The highest BCUT2D eigenvalue weighted by Crippen LogP contribution is 2.34. The van der Waals surface area contributed by atoms with Crippen molar-refractivity contribution in [2.45, 2.75) is 32.0 Å². The number of hydrogen-bond donors (Lipinski definition) is 0. The molecule has 1 unspecified atom stereocenters. The summed E-state index contributed by atoms with van der Waals surface area (Å²) in [7, 11) is 0. The molecule has 2 aromatic carbocycles. The van der Waals surface area contributed by atoms with Gasteiger partial charge in [-0.2, -0.15) is 5.26 Å². The molecule has 5 rings (SSSR count). The van der Waals surface area contributed by atoms with Crippen LogP contribution in [0.3, 0.4) is 0 Å². The summed E-state index contributed by atoms with van der Waals surface area (Å²) in [5, 5.41) is 10.5. The number of aromatic nitrogens is 1. The molecule has 3 aromatic rings. The van der Waals surface area contributed by atoms with Crippen LogP contribution < -0.4 is 4.90 Å². The molecule has 1 aromatic heterocycles. The summed E-state index contributed by atoms with van der Waals surface area (Å²) < 4.78 is 2.05. The molecule has 0 spiro atoms. The molecular weight excluding hydrogens is 364 g/mol. The van der Waals surface area contributed by atoms with Crippen molar-refractivity contribution in [1.29, 1.82) is 5.26 Å². The molecule has 144 valence electrons. The van der Waals surface area contributed by atoms with Crippen molar-refractivity contribution in [1.82, 2.24) is 9.47 Å². The van der Waals surface area contributed by atoms with Gasteiger partial charge >= 0.3 is 0 Å². The summed E-state index contributed by atoms with van der Waals surface area (Å²) in [4.78, 5) is 29.1. The fourth-order valence-corrected chi connectivity index (χ4v) is 4.68. The lowest BCUT2D eigenvalue weighted by molar-refractivity contribution is -0.123. The number of carbonyl (C=O) groups excluding carboxylic acids is 2. The second-order valence-corrected chi connectivity index (χ2v) is 7.53. The van der Waals surface area contributed by atoms with Gasteiger partial charge in [-0.05, 0) is 30.2 Å². The van der Waals surface area contributed by atoms with E-state index >= 15 is 0 Å². The van der Waals surface area contributed by atoms with E-state index in [0.717, 1.165) is 24.2 Å². The highest BCUT2D eigenvalue weighted by atomic mass is 16.2. The first-order chi connectivity index (χ1) is 14.2. The van der Waals surface area contributed by atoms with Crippen molar-refractivity contribution in [3.63, 3.8) is 0 Å². The maximum atomic E-state index is 13.1. The van der Waals surface area contributed by atoms with E-state index in [2.05, 4.69) is 17.0 Å². The third-order valence-electron chi connectivity index (χ3n) is 6.00. The Bertz CT molecular complexity index is 1160. The Labute approximate surface area is 168 Å². The SMILES string of the molecule is N#CCn1c2c(c3ccccc31)CCN(C1CC(=O)N(c3ccccc3)C1=O)C2. The van der Waals surface area contributed by atoms with Crippen LogP contribution in [0.15, 0.2) is 54.6 Å². The Morgan fingerprint density at radius 1 is 1.03 bits per heavy atom. The zero-order chi connectivity index (χ0) is 20.0. The first-order valence-corrected chi connectivity index (χ1v) is 9.81. The van der Waals surface area contributed by atoms with Crippen molar-refractivity contribution in [2.75, 3.05) is 11.4 Å². The molecule has 2 aliphatic heterocycles. The Hall–Kier alpha value is -3.43. The largest absolute Gasteiger partial charge is 0.329 e. The monoisotopic (exact) mass is 384 g/mol. The van der Waals surface area contributed by atoms with Crippen LogP contribution in [0, 0.1) is 11.3 Å². The molecule has 0 bridgehead atoms. The minimum absolute atomic E-state index is 0.158. The average molecular weight is 384 g/mol. The van der Waals surface area contributed by atoms with Crippen LogP contribution in [0.4, 0.5) is 5.69 Å². The van der Waals surface area contributed by atoms with Gasteiger partial charge in [0, 0.05) is 29.7 Å². The number of carbonyl (C=O) groups is 2. The Morgan fingerprint density at radius 3 is 2.59 bits per heavy atom. The second kappa shape index (κ2) is 6.87. The summed E-state index contributed by atoms with van der Waals surface area (Å²) in [5.41, 5.74) is 4.02. The number of amides is 2. The van der Waals surface area contributed by atoms with Gasteiger partial charge in [-0.3, -0.25) is 14.5 Å². The van der Waals surface area contributed by atoms with E-state index in [0.29, 0.717) is 12.2 Å². The molecule has 0 aliphatic carbocycles. The Kier molecular flexibility index (Phi) is 4.18. The fourth-order valence-electron chi connectivity index (χ4n) is 4.68. The fraction of sp³-hybridized carbons (Fsp3) is 0.261. The number of para-hydroxylation sites is 2. The van der Waals surface area contributed by atoms with Crippen molar-refractivity contribution < 1.29 is 9.59 Å². The molecule has 1 fully saturated rings. The van der Waals surface area contributed by atoms with Gasteiger partial charge in [0.25, 0.3) is 5.91 Å². The van der Waals surface area contributed by atoms with Gasteiger partial charge in [-0.15, -0.1) is 0 Å².